The molecule has 0 radical (unpaired) electrons. The first-order chi connectivity index (χ1) is 15.3. The molecule has 0 spiro atoms. The van der Waals surface area contributed by atoms with Crippen LogP contribution in [0.2, 0.25) is 0 Å². The Balaban J connectivity index is 1.68. The summed E-state index contributed by atoms with van der Waals surface area (Å²) in [5.41, 5.74) is 2.67. The quantitative estimate of drug-likeness (QED) is 0.448. The van der Waals surface area contributed by atoms with Crippen LogP contribution >= 0.6 is 0 Å². The highest BCUT2D eigenvalue weighted by Crippen LogP contribution is 2.13. The van der Waals surface area contributed by atoms with E-state index < -0.39 is 29.7 Å². The lowest BCUT2D eigenvalue weighted by molar-refractivity contribution is 0.0825. The molecule has 0 aliphatic carbocycles. The van der Waals surface area contributed by atoms with Gasteiger partial charge in [-0.05, 0) is 41.7 Å². The predicted octanol–water partition coefficient (Wildman–Crippen LogP) is 3.32. The van der Waals surface area contributed by atoms with Gasteiger partial charge in [-0.2, -0.15) is 0 Å². The third-order valence-electron chi connectivity index (χ3n) is 5.09. The van der Waals surface area contributed by atoms with E-state index in [9.17, 15) is 18.7 Å². The van der Waals surface area contributed by atoms with Crippen molar-refractivity contribution in [3.05, 3.63) is 88.6 Å². The van der Waals surface area contributed by atoms with Crippen molar-refractivity contribution in [2.75, 3.05) is 6.54 Å². The minimum atomic E-state index is -1.02. The molecule has 0 unspecified atom stereocenters. The van der Waals surface area contributed by atoms with Crippen LogP contribution in [-0.4, -0.2) is 34.7 Å². The maximum Gasteiger partial charge on any atom is 0.273 e. The zero-order chi connectivity index (χ0) is 23.1. The number of oxazole rings is 1. The van der Waals surface area contributed by atoms with Crippen LogP contribution in [0.3, 0.4) is 0 Å². The van der Waals surface area contributed by atoms with E-state index in [1.54, 1.807) is 6.92 Å². The number of hydrogen-bond acceptors (Lipinski definition) is 5. The van der Waals surface area contributed by atoms with Gasteiger partial charge in [0.25, 0.3) is 5.91 Å². The Labute approximate surface area is 185 Å². The van der Waals surface area contributed by atoms with Crippen LogP contribution in [0.25, 0.3) is 0 Å². The molecule has 1 heterocycles. The first kappa shape index (κ1) is 23.6. The smallest absolute Gasteiger partial charge is 0.273 e. The summed E-state index contributed by atoms with van der Waals surface area (Å²) in [5, 5.41) is 16.7. The maximum atomic E-state index is 13.6. The number of halogens is 2. The Morgan fingerprint density at radius 2 is 1.84 bits per heavy atom. The van der Waals surface area contributed by atoms with Crippen molar-refractivity contribution in [1.82, 2.24) is 15.6 Å². The molecule has 8 heteroatoms. The number of carbonyl (C=O) groups excluding carboxylic acids is 1. The number of aliphatic hydroxyl groups excluding tert-OH is 1. The van der Waals surface area contributed by atoms with Gasteiger partial charge in [-0.25, -0.2) is 13.8 Å². The highest BCUT2D eigenvalue weighted by Gasteiger charge is 2.24. The van der Waals surface area contributed by atoms with E-state index in [-0.39, 0.29) is 18.7 Å². The van der Waals surface area contributed by atoms with Crippen LogP contribution in [-0.2, 0) is 19.4 Å². The van der Waals surface area contributed by atoms with Crippen molar-refractivity contribution in [3.8, 4) is 0 Å². The van der Waals surface area contributed by atoms with Crippen molar-refractivity contribution >= 4 is 5.91 Å². The predicted molar refractivity (Wildman–Crippen MR) is 116 cm³/mol. The van der Waals surface area contributed by atoms with Gasteiger partial charge in [0.05, 0.1) is 12.1 Å². The van der Waals surface area contributed by atoms with Crippen LogP contribution in [0.1, 0.15) is 40.0 Å². The van der Waals surface area contributed by atoms with Gasteiger partial charge in [0, 0.05) is 26.1 Å². The zero-order valence-corrected chi connectivity index (χ0v) is 18.1. The molecule has 0 aliphatic rings. The fourth-order valence-electron chi connectivity index (χ4n) is 3.44. The number of aliphatic hydroxyl groups is 1. The molecule has 0 saturated heterocycles. The Bertz CT molecular complexity index is 1030. The maximum absolute atomic E-state index is 13.6. The highest BCUT2D eigenvalue weighted by atomic mass is 19.1. The number of amides is 1. The van der Waals surface area contributed by atoms with Crippen LogP contribution < -0.4 is 10.6 Å². The second-order valence-corrected chi connectivity index (χ2v) is 7.69. The summed E-state index contributed by atoms with van der Waals surface area (Å²) in [6.07, 6.45) is 1.16. The Morgan fingerprint density at radius 1 is 1.12 bits per heavy atom. The summed E-state index contributed by atoms with van der Waals surface area (Å²) in [6, 6.07) is 10.4. The van der Waals surface area contributed by atoms with Gasteiger partial charge in [0.2, 0.25) is 0 Å². The van der Waals surface area contributed by atoms with Crippen LogP contribution in [0.5, 0.6) is 0 Å². The largest absolute Gasteiger partial charge is 0.448 e. The molecular formula is C24H27F2N3O3. The van der Waals surface area contributed by atoms with E-state index in [4.69, 9.17) is 4.42 Å². The number of aryl methyl sites for hydroxylation is 2. The first-order valence-corrected chi connectivity index (χ1v) is 10.5. The zero-order valence-electron chi connectivity index (χ0n) is 18.1. The number of hydrogen-bond donors (Lipinski definition) is 3. The normalized spacial score (nSPS) is 13.0. The van der Waals surface area contributed by atoms with Crippen molar-refractivity contribution in [3.63, 3.8) is 0 Å². The van der Waals surface area contributed by atoms with Gasteiger partial charge in [-0.15, -0.1) is 0 Å². The monoisotopic (exact) mass is 443 g/mol. The molecule has 3 rings (SSSR count). The molecule has 0 aliphatic heterocycles. The van der Waals surface area contributed by atoms with Gasteiger partial charge in [-0.1, -0.05) is 31.2 Å². The number of rotatable bonds is 10. The highest BCUT2D eigenvalue weighted by molar-refractivity contribution is 5.92. The van der Waals surface area contributed by atoms with Gasteiger partial charge < -0.3 is 20.2 Å². The third kappa shape index (κ3) is 6.70. The topological polar surface area (TPSA) is 87.4 Å². The van der Waals surface area contributed by atoms with Crippen molar-refractivity contribution in [2.24, 2.45) is 0 Å². The molecule has 0 saturated carbocycles. The average Bonchev–Trinajstić information content (AvgIpc) is 3.19. The fourth-order valence-corrected chi connectivity index (χ4v) is 3.44. The Hall–Kier alpha value is -3.10. The fraction of sp³-hybridized carbons (Fsp3) is 0.333. The van der Waals surface area contributed by atoms with Gasteiger partial charge in [0.1, 0.15) is 17.9 Å². The molecule has 3 N–H and O–H groups in total. The van der Waals surface area contributed by atoms with Gasteiger partial charge >= 0.3 is 0 Å². The van der Waals surface area contributed by atoms with E-state index in [1.807, 2.05) is 18.2 Å². The molecule has 0 fully saturated rings. The van der Waals surface area contributed by atoms with E-state index in [2.05, 4.69) is 28.6 Å². The van der Waals surface area contributed by atoms with Crippen LogP contribution in [0, 0.1) is 18.6 Å². The average molecular weight is 443 g/mol. The molecule has 1 aromatic heterocycles. The summed E-state index contributed by atoms with van der Waals surface area (Å²) in [6.45, 7) is 4.38. The Morgan fingerprint density at radius 3 is 2.50 bits per heavy atom. The lowest BCUT2D eigenvalue weighted by Gasteiger charge is -2.24. The summed E-state index contributed by atoms with van der Waals surface area (Å²) < 4.78 is 32.3. The number of benzene rings is 2. The van der Waals surface area contributed by atoms with Crippen molar-refractivity contribution in [1.29, 1.82) is 0 Å². The van der Waals surface area contributed by atoms with E-state index in [0.29, 0.717) is 18.0 Å². The summed E-state index contributed by atoms with van der Waals surface area (Å²) in [4.78, 5) is 16.5. The molecule has 6 nitrogen and oxygen atoms in total. The second kappa shape index (κ2) is 11.0. The number of nitrogens with one attached hydrogen (secondary N) is 2. The lowest BCUT2D eigenvalue weighted by Crippen LogP contribution is -2.48. The first-order valence-electron chi connectivity index (χ1n) is 10.5. The number of carbonyl (C=O) groups is 1. The van der Waals surface area contributed by atoms with Crippen LogP contribution in [0.15, 0.2) is 53.1 Å². The standard InChI is InChI=1S/C24H27F2N3O3/c1-3-16-5-4-6-17(7-16)12-27-13-23(30)21(10-18-8-19(25)11-20(26)9-18)29-24(31)22-14-32-15(2)28-22/h4-9,11,14,21,23,27,30H,3,10,12-13H2,1-2H3,(H,29,31)/t21-,23+/m0/s1. The molecule has 0 bridgehead atoms. The van der Waals surface area contributed by atoms with E-state index >= 15 is 0 Å². The molecule has 170 valence electrons. The summed E-state index contributed by atoms with van der Waals surface area (Å²) in [7, 11) is 0. The summed E-state index contributed by atoms with van der Waals surface area (Å²) >= 11 is 0. The number of aromatic nitrogens is 1. The van der Waals surface area contributed by atoms with E-state index in [1.165, 1.54) is 24.0 Å². The van der Waals surface area contributed by atoms with Crippen molar-refractivity contribution in [2.45, 2.75) is 45.4 Å². The molecule has 3 aromatic rings. The minimum Gasteiger partial charge on any atom is -0.448 e. The molecule has 1 amide bonds. The number of nitrogens with zero attached hydrogens (tertiary/aromatic N) is 1. The molecule has 32 heavy (non-hydrogen) atoms. The molecule has 2 aromatic carbocycles. The minimum absolute atomic E-state index is 0.0332. The summed E-state index contributed by atoms with van der Waals surface area (Å²) in [5.74, 6) is -1.66. The molecule has 2 atom stereocenters. The van der Waals surface area contributed by atoms with Gasteiger partial charge in [0.15, 0.2) is 11.6 Å². The van der Waals surface area contributed by atoms with Gasteiger partial charge in [-0.3, -0.25) is 4.79 Å². The van der Waals surface area contributed by atoms with Crippen LogP contribution in [0.4, 0.5) is 8.78 Å². The second-order valence-electron chi connectivity index (χ2n) is 7.69. The molecular weight excluding hydrogens is 416 g/mol. The Kier molecular flexibility index (Phi) is 8.08. The SMILES string of the molecule is CCc1cccc(CNC[C@@H](O)[C@H](Cc2cc(F)cc(F)c2)NC(=O)c2coc(C)n2)c1. The third-order valence-corrected chi connectivity index (χ3v) is 5.09. The van der Waals surface area contributed by atoms with Crippen molar-refractivity contribution < 1.29 is 23.1 Å². The van der Waals surface area contributed by atoms with E-state index in [0.717, 1.165) is 18.1 Å². The lowest BCUT2D eigenvalue weighted by atomic mass is 10.00.